The van der Waals surface area contributed by atoms with Gasteiger partial charge in [-0.1, -0.05) is 18.2 Å². The van der Waals surface area contributed by atoms with E-state index in [-0.39, 0.29) is 24.5 Å². The molecule has 4 aromatic rings. The summed E-state index contributed by atoms with van der Waals surface area (Å²) in [5.41, 5.74) is 1.53. The number of pyridine rings is 1. The van der Waals surface area contributed by atoms with Crippen molar-refractivity contribution in [1.29, 1.82) is 0 Å². The maximum Gasteiger partial charge on any atom is 0.259 e. The summed E-state index contributed by atoms with van der Waals surface area (Å²) in [6.45, 7) is 1.63. The lowest BCUT2D eigenvalue weighted by atomic mass is 10.1. The average molecular weight is 509 g/mol. The van der Waals surface area contributed by atoms with Crippen LogP contribution in [-0.4, -0.2) is 71.5 Å². The third-order valence-electron chi connectivity index (χ3n) is 6.29. The van der Waals surface area contributed by atoms with Crippen LogP contribution in [0, 0.1) is 5.82 Å². The number of carbonyl (C=O) groups excluding carboxylic acids is 1. The van der Waals surface area contributed by atoms with E-state index in [4.69, 9.17) is 0 Å². The second-order valence-electron chi connectivity index (χ2n) is 8.81. The highest BCUT2D eigenvalue weighted by atomic mass is 32.2. The molecule has 0 saturated carbocycles. The van der Waals surface area contributed by atoms with E-state index in [0.717, 1.165) is 21.9 Å². The number of sulfonamides is 1. The van der Waals surface area contributed by atoms with E-state index in [9.17, 15) is 13.2 Å². The van der Waals surface area contributed by atoms with Crippen molar-refractivity contribution >= 4 is 32.5 Å². The van der Waals surface area contributed by atoms with Gasteiger partial charge in [0, 0.05) is 56.6 Å². The Kier molecular flexibility index (Phi) is 6.29. The van der Waals surface area contributed by atoms with Gasteiger partial charge in [-0.25, -0.2) is 17.8 Å². The summed E-state index contributed by atoms with van der Waals surface area (Å²) in [5.74, 6) is -1.63. The monoisotopic (exact) mass is 508 g/mol. The molecule has 1 amide bonds. The number of carbonyl (C=O) groups is 1. The molecule has 0 unspecified atom stereocenters. The SMILES string of the molecule is CN1CCN(S(=O)(=O)c2cccc(C(=O)Nc3cc4cc(-c5cnn(C)c5)ccc4cn3)c2F)CC1. The summed E-state index contributed by atoms with van der Waals surface area (Å²) in [5, 5.41) is 8.49. The molecule has 0 bridgehead atoms. The van der Waals surface area contributed by atoms with Gasteiger partial charge in [0.05, 0.1) is 11.8 Å². The smallest absolute Gasteiger partial charge is 0.259 e. The van der Waals surface area contributed by atoms with E-state index in [0.29, 0.717) is 13.1 Å². The van der Waals surface area contributed by atoms with Crippen LogP contribution in [0.15, 0.2) is 66.0 Å². The quantitative estimate of drug-likeness (QED) is 0.445. The highest BCUT2D eigenvalue weighted by Crippen LogP contribution is 2.26. The van der Waals surface area contributed by atoms with E-state index < -0.39 is 26.6 Å². The number of likely N-dealkylation sites (N-methyl/N-ethyl adjacent to an activating group) is 1. The molecule has 186 valence electrons. The van der Waals surface area contributed by atoms with Gasteiger partial charge in [0.25, 0.3) is 5.91 Å². The Labute approximate surface area is 208 Å². The van der Waals surface area contributed by atoms with Crippen molar-refractivity contribution in [2.24, 2.45) is 7.05 Å². The van der Waals surface area contributed by atoms with Crippen LogP contribution in [0.25, 0.3) is 21.9 Å². The Morgan fingerprint density at radius 3 is 2.47 bits per heavy atom. The zero-order valence-corrected chi connectivity index (χ0v) is 20.7. The predicted octanol–water partition coefficient (Wildman–Crippen LogP) is 2.96. The maximum atomic E-state index is 15.3. The van der Waals surface area contributed by atoms with E-state index in [2.05, 4.69) is 15.4 Å². The minimum absolute atomic E-state index is 0.225. The molecular formula is C25H25FN6O3S. The number of nitrogens with zero attached hydrogens (tertiary/aromatic N) is 5. The molecule has 1 N–H and O–H groups in total. The molecule has 1 aliphatic rings. The number of amides is 1. The summed E-state index contributed by atoms with van der Waals surface area (Å²) in [6.07, 6.45) is 5.27. The van der Waals surface area contributed by atoms with E-state index >= 15 is 4.39 Å². The topological polar surface area (TPSA) is 100 Å². The number of nitrogens with one attached hydrogen (secondary N) is 1. The lowest BCUT2D eigenvalue weighted by Crippen LogP contribution is -2.47. The second-order valence-corrected chi connectivity index (χ2v) is 10.7. The van der Waals surface area contributed by atoms with Crippen molar-refractivity contribution in [2.75, 3.05) is 38.5 Å². The normalized spacial score (nSPS) is 15.3. The number of fused-ring (bicyclic) bond motifs is 1. The fourth-order valence-corrected chi connectivity index (χ4v) is 5.70. The third kappa shape index (κ3) is 4.60. The summed E-state index contributed by atoms with van der Waals surface area (Å²) in [7, 11) is -0.335. The fourth-order valence-electron chi connectivity index (χ4n) is 4.20. The standard InChI is InChI=1S/C25H25FN6O3S/c1-30-8-10-32(11-9-30)36(34,35)22-5-3-4-21(24(22)26)25(33)29-23-13-19-12-17(6-7-18(19)14-27-23)20-15-28-31(2)16-20/h3-7,12-16H,8-11H2,1-2H3,(H,27,29,33). The zero-order chi connectivity index (χ0) is 25.4. The second kappa shape index (κ2) is 9.41. The van der Waals surface area contributed by atoms with Crippen LogP contribution in [-0.2, 0) is 17.1 Å². The molecule has 1 aliphatic heterocycles. The molecule has 0 radical (unpaired) electrons. The molecule has 1 fully saturated rings. The van der Waals surface area contributed by atoms with Crippen LogP contribution in [0.3, 0.4) is 0 Å². The summed E-state index contributed by atoms with van der Waals surface area (Å²) >= 11 is 0. The van der Waals surface area contributed by atoms with Crippen LogP contribution in [0.5, 0.6) is 0 Å². The first-order valence-corrected chi connectivity index (χ1v) is 12.8. The molecule has 3 heterocycles. The summed E-state index contributed by atoms with van der Waals surface area (Å²) in [4.78, 5) is 18.7. The average Bonchev–Trinajstić information content (AvgIpc) is 3.30. The first-order valence-electron chi connectivity index (χ1n) is 11.4. The van der Waals surface area contributed by atoms with Gasteiger partial charge in [-0.2, -0.15) is 9.40 Å². The lowest BCUT2D eigenvalue weighted by Gasteiger charge is -2.31. The van der Waals surface area contributed by atoms with Gasteiger partial charge in [-0.15, -0.1) is 0 Å². The first-order chi connectivity index (χ1) is 17.2. The van der Waals surface area contributed by atoms with Gasteiger partial charge >= 0.3 is 0 Å². The number of rotatable bonds is 5. The Hall–Kier alpha value is -3.67. The van der Waals surface area contributed by atoms with Crippen molar-refractivity contribution in [3.63, 3.8) is 0 Å². The molecule has 1 saturated heterocycles. The highest BCUT2D eigenvalue weighted by Gasteiger charge is 2.31. The van der Waals surface area contributed by atoms with E-state index in [1.165, 1.54) is 22.5 Å². The number of hydrogen-bond acceptors (Lipinski definition) is 6. The van der Waals surface area contributed by atoms with E-state index in [1.807, 2.05) is 43.4 Å². The molecule has 2 aromatic carbocycles. The van der Waals surface area contributed by atoms with Crippen molar-refractivity contribution in [3.05, 3.63) is 72.4 Å². The molecule has 36 heavy (non-hydrogen) atoms. The van der Waals surface area contributed by atoms with Gasteiger partial charge in [0.15, 0.2) is 5.82 Å². The van der Waals surface area contributed by atoms with Crippen LogP contribution in [0.2, 0.25) is 0 Å². The van der Waals surface area contributed by atoms with Crippen LogP contribution >= 0.6 is 0 Å². The lowest BCUT2D eigenvalue weighted by molar-refractivity contribution is 0.102. The molecule has 0 aliphatic carbocycles. The number of hydrogen-bond donors (Lipinski definition) is 1. The van der Waals surface area contributed by atoms with Gasteiger partial charge in [0.2, 0.25) is 10.0 Å². The zero-order valence-electron chi connectivity index (χ0n) is 19.8. The summed E-state index contributed by atoms with van der Waals surface area (Å²) < 4.78 is 44.4. The number of piperazine rings is 1. The van der Waals surface area contributed by atoms with Crippen LogP contribution < -0.4 is 5.32 Å². The molecule has 5 rings (SSSR count). The maximum absolute atomic E-state index is 15.3. The van der Waals surface area contributed by atoms with Crippen LogP contribution in [0.4, 0.5) is 10.2 Å². The first kappa shape index (κ1) is 24.0. The molecule has 11 heteroatoms. The summed E-state index contributed by atoms with van der Waals surface area (Å²) in [6, 6.07) is 11.3. The minimum Gasteiger partial charge on any atom is -0.306 e. The Bertz CT molecular complexity index is 1560. The van der Waals surface area contributed by atoms with E-state index in [1.54, 1.807) is 23.1 Å². The van der Waals surface area contributed by atoms with Crippen molar-refractivity contribution in [1.82, 2.24) is 24.0 Å². The van der Waals surface area contributed by atoms with Gasteiger partial charge in [-0.3, -0.25) is 9.48 Å². The third-order valence-corrected chi connectivity index (χ3v) is 8.21. The number of benzene rings is 2. The predicted molar refractivity (Wildman–Crippen MR) is 135 cm³/mol. The van der Waals surface area contributed by atoms with Gasteiger partial charge in [-0.05, 0) is 42.3 Å². The van der Waals surface area contributed by atoms with Crippen molar-refractivity contribution in [2.45, 2.75) is 4.90 Å². The molecular weight excluding hydrogens is 483 g/mol. The molecule has 2 aromatic heterocycles. The highest BCUT2D eigenvalue weighted by molar-refractivity contribution is 7.89. The molecule has 0 spiro atoms. The largest absolute Gasteiger partial charge is 0.306 e. The van der Waals surface area contributed by atoms with Crippen LogP contribution in [0.1, 0.15) is 10.4 Å². The molecule has 0 atom stereocenters. The number of anilines is 1. The number of halogens is 1. The van der Waals surface area contributed by atoms with Gasteiger partial charge in [0.1, 0.15) is 10.7 Å². The number of aromatic nitrogens is 3. The van der Waals surface area contributed by atoms with Crippen molar-refractivity contribution < 1.29 is 17.6 Å². The Balaban J connectivity index is 1.41. The Morgan fingerprint density at radius 1 is 0.972 bits per heavy atom. The van der Waals surface area contributed by atoms with Gasteiger partial charge < -0.3 is 10.2 Å². The fraction of sp³-hybridized carbons (Fsp3) is 0.240. The number of aryl methyl sites for hydroxylation is 1. The Morgan fingerprint density at radius 2 is 1.75 bits per heavy atom. The molecule has 9 nitrogen and oxygen atoms in total. The minimum atomic E-state index is -4.07. The van der Waals surface area contributed by atoms with Crippen molar-refractivity contribution in [3.8, 4) is 11.1 Å².